The summed E-state index contributed by atoms with van der Waals surface area (Å²) in [5.41, 5.74) is 2.72. The number of nitriles is 1. The molecule has 1 saturated carbocycles. The van der Waals surface area contributed by atoms with Gasteiger partial charge < -0.3 is 5.32 Å². The standard InChI is InChI=1S/C23H24N6OS2/c1-14(21(30)26-22-18(12-24)17-7-3-2-4-8-19(17)32-22)31-23-28-27-20(29(23)16-9-10-16)15-6-5-11-25-13-15/h5-6,11,13-14,16H,2-4,7-10H2,1H3,(H,26,30). The Morgan fingerprint density at radius 3 is 2.91 bits per heavy atom. The summed E-state index contributed by atoms with van der Waals surface area (Å²) in [4.78, 5) is 18.5. The van der Waals surface area contributed by atoms with Gasteiger partial charge in [0.2, 0.25) is 5.91 Å². The zero-order chi connectivity index (χ0) is 22.1. The van der Waals surface area contributed by atoms with E-state index in [0.717, 1.165) is 60.6 Å². The molecule has 2 aliphatic rings. The molecule has 3 aromatic heterocycles. The lowest BCUT2D eigenvalue weighted by molar-refractivity contribution is -0.115. The Hall–Kier alpha value is -2.70. The summed E-state index contributed by atoms with van der Waals surface area (Å²) in [6.45, 7) is 1.88. The summed E-state index contributed by atoms with van der Waals surface area (Å²) in [6.07, 6.45) is 11.1. The lowest BCUT2D eigenvalue weighted by atomic mass is 10.1. The van der Waals surface area contributed by atoms with Crippen molar-refractivity contribution in [1.29, 1.82) is 5.26 Å². The molecule has 164 valence electrons. The molecule has 9 heteroatoms. The van der Waals surface area contributed by atoms with Gasteiger partial charge in [-0.25, -0.2) is 0 Å². The minimum absolute atomic E-state index is 0.115. The summed E-state index contributed by atoms with van der Waals surface area (Å²) in [5, 5.41) is 22.6. The van der Waals surface area contributed by atoms with Gasteiger partial charge in [0, 0.05) is 28.9 Å². The molecule has 3 heterocycles. The van der Waals surface area contributed by atoms with Gasteiger partial charge in [0.1, 0.15) is 11.1 Å². The van der Waals surface area contributed by atoms with Gasteiger partial charge in [-0.1, -0.05) is 18.2 Å². The summed E-state index contributed by atoms with van der Waals surface area (Å²) in [7, 11) is 0. The highest BCUT2D eigenvalue weighted by atomic mass is 32.2. The van der Waals surface area contributed by atoms with Crippen LogP contribution in [0, 0.1) is 11.3 Å². The van der Waals surface area contributed by atoms with E-state index < -0.39 is 0 Å². The number of thioether (sulfide) groups is 1. The SMILES string of the molecule is CC(Sc1nnc(-c2cccnc2)n1C1CC1)C(=O)Nc1sc2c(c1C#N)CCCCC2. The second kappa shape index (κ2) is 9.04. The summed E-state index contributed by atoms with van der Waals surface area (Å²) in [5.74, 6) is 0.681. The third-order valence-electron chi connectivity index (χ3n) is 5.92. The van der Waals surface area contributed by atoms with Crippen molar-refractivity contribution in [3.05, 3.63) is 40.5 Å². The maximum absolute atomic E-state index is 13.0. The Kier molecular flexibility index (Phi) is 5.98. The first kappa shape index (κ1) is 21.2. The lowest BCUT2D eigenvalue weighted by Crippen LogP contribution is -2.23. The highest BCUT2D eigenvalue weighted by molar-refractivity contribution is 8.00. The van der Waals surface area contributed by atoms with E-state index in [1.165, 1.54) is 23.1 Å². The van der Waals surface area contributed by atoms with Crippen LogP contribution in [0.1, 0.15) is 61.1 Å². The number of rotatable bonds is 6. The van der Waals surface area contributed by atoms with Gasteiger partial charge >= 0.3 is 0 Å². The minimum Gasteiger partial charge on any atom is -0.316 e. The fraction of sp³-hybridized carbons (Fsp3) is 0.435. The van der Waals surface area contributed by atoms with E-state index in [0.29, 0.717) is 16.6 Å². The molecule has 0 bridgehead atoms. The van der Waals surface area contributed by atoms with Crippen molar-refractivity contribution >= 4 is 34.0 Å². The Morgan fingerprint density at radius 1 is 1.31 bits per heavy atom. The van der Waals surface area contributed by atoms with Crippen molar-refractivity contribution in [2.75, 3.05) is 5.32 Å². The van der Waals surface area contributed by atoms with Crippen LogP contribution in [0.5, 0.6) is 0 Å². The van der Waals surface area contributed by atoms with E-state index in [4.69, 9.17) is 0 Å². The van der Waals surface area contributed by atoms with Crippen LogP contribution in [0.25, 0.3) is 11.4 Å². The van der Waals surface area contributed by atoms with Crippen molar-refractivity contribution in [2.24, 2.45) is 0 Å². The Morgan fingerprint density at radius 2 is 2.16 bits per heavy atom. The highest BCUT2D eigenvalue weighted by Crippen LogP contribution is 2.42. The number of hydrogen-bond donors (Lipinski definition) is 1. The van der Waals surface area contributed by atoms with E-state index in [1.54, 1.807) is 23.7 Å². The van der Waals surface area contributed by atoms with Crippen LogP contribution >= 0.6 is 23.1 Å². The first-order valence-electron chi connectivity index (χ1n) is 11.0. The molecule has 3 aromatic rings. The summed E-state index contributed by atoms with van der Waals surface area (Å²) < 4.78 is 2.14. The van der Waals surface area contributed by atoms with E-state index in [1.807, 2.05) is 19.1 Å². The van der Waals surface area contributed by atoms with Crippen molar-refractivity contribution in [1.82, 2.24) is 19.7 Å². The zero-order valence-corrected chi connectivity index (χ0v) is 19.5. The smallest absolute Gasteiger partial charge is 0.238 e. The molecule has 1 N–H and O–H groups in total. The molecule has 1 fully saturated rings. The maximum Gasteiger partial charge on any atom is 0.238 e. The van der Waals surface area contributed by atoms with Crippen molar-refractivity contribution < 1.29 is 4.79 Å². The number of pyridine rings is 1. The van der Waals surface area contributed by atoms with Crippen molar-refractivity contribution in [2.45, 2.75) is 68.3 Å². The monoisotopic (exact) mass is 464 g/mol. The first-order valence-corrected chi connectivity index (χ1v) is 12.7. The molecular formula is C23H24N6OS2. The molecule has 32 heavy (non-hydrogen) atoms. The lowest BCUT2D eigenvalue weighted by Gasteiger charge is -2.13. The first-order chi connectivity index (χ1) is 15.7. The number of nitrogens with one attached hydrogen (secondary N) is 1. The number of fused-ring (bicyclic) bond motifs is 1. The number of aromatic nitrogens is 4. The third kappa shape index (κ3) is 4.17. The molecule has 0 spiro atoms. The van der Waals surface area contributed by atoms with Crippen LogP contribution < -0.4 is 5.32 Å². The van der Waals surface area contributed by atoms with Crippen LogP contribution in [-0.2, 0) is 17.6 Å². The van der Waals surface area contributed by atoms with Gasteiger partial charge in [0.05, 0.1) is 10.8 Å². The number of amides is 1. The minimum atomic E-state index is -0.369. The number of anilines is 1. The largest absolute Gasteiger partial charge is 0.316 e. The van der Waals surface area contributed by atoms with Crippen LogP contribution in [-0.4, -0.2) is 30.9 Å². The second-order valence-corrected chi connectivity index (χ2v) is 10.7. The van der Waals surface area contributed by atoms with Gasteiger partial charge in [-0.15, -0.1) is 21.5 Å². The normalized spacial score (nSPS) is 16.6. The quantitative estimate of drug-likeness (QED) is 0.407. The molecule has 0 saturated heterocycles. The molecule has 1 atom stereocenters. The van der Waals surface area contributed by atoms with Crippen LogP contribution in [0.3, 0.4) is 0 Å². The van der Waals surface area contributed by atoms with Crippen molar-refractivity contribution in [3.63, 3.8) is 0 Å². The topological polar surface area (TPSA) is 96.5 Å². The molecule has 0 aromatic carbocycles. The molecule has 0 radical (unpaired) electrons. The van der Waals surface area contributed by atoms with Crippen LogP contribution in [0.4, 0.5) is 5.00 Å². The Labute approximate surface area is 195 Å². The average Bonchev–Trinajstić information content (AvgIpc) is 3.54. The second-order valence-electron chi connectivity index (χ2n) is 8.28. The van der Waals surface area contributed by atoms with Gasteiger partial charge in [-0.3, -0.25) is 14.3 Å². The number of aryl methyl sites for hydroxylation is 1. The molecule has 0 aliphatic heterocycles. The van der Waals surface area contributed by atoms with Crippen molar-refractivity contribution in [3.8, 4) is 17.5 Å². The van der Waals surface area contributed by atoms with E-state index in [2.05, 4.69) is 31.1 Å². The van der Waals surface area contributed by atoms with E-state index >= 15 is 0 Å². The van der Waals surface area contributed by atoms with Gasteiger partial charge in [0.25, 0.3) is 0 Å². The van der Waals surface area contributed by atoms with Gasteiger partial charge in [0.15, 0.2) is 11.0 Å². The van der Waals surface area contributed by atoms with Gasteiger partial charge in [-0.2, -0.15) is 5.26 Å². The Balaban J connectivity index is 1.34. The Bertz CT molecular complexity index is 1180. The molecule has 1 amide bonds. The fourth-order valence-corrected chi connectivity index (χ4v) is 6.25. The van der Waals surface area contributed by atoms with E-state index in [9.17, 15) is 10.1 Å². The molecular weight excluding hydrogens is 440 g/mol. The van der Waals surface area contributed by atoms with Gasteiger partial charge in [-0.05, 0) is 63.1 Å². The molecule has 1 unspecified atom stereocenters. The number of thiophene rings is 1. The number of nitrogens with zero attached hydrogens (tertiary/aromatic N) is 5. The molecule has 5 rings (SSSR count). The fourth-order valence-electron chi connectivity index (χ4n) is 4.09. The number of carbonyl (C=O) groups excluding carboxylic acids is 1. The maximum atomic E-state index is 13.0. The van der Waals surface area contributed by atoms with E-state index in [-0.39, 0.29) is 11.2 Å². The summed E-state index contributed by atoms with van der Waals surface area (Å²) >= 11 is 2.98. The third-order valence-corrected chi connectivity index (χ3v) is 8.18. The average molecular weight is 465 g/mol. The van der Waals surface area contributed by atoms with Crippen LogP contribution in [0.15, 0.2) is 29.7 Å². The predicted molar refractivity (Wildman–Crippen MR) is 126 cm³/mol. The van der Waals surface area contributed by atoms with Crippen LogP contribution in [0.2, 0.25) is 0 Å². The molecule has 2 aliphatic carbocycles. The number of hydrogen-bond acceptors (Lipinski definition) is 7. The highest BCUT2D eigenvalue weighted by Gasteiger charge is 2.32. The predicted octanol–water partition coefficient (Wildman–Crippen LogP) is 5.00. The zero-order valence-electron chi connectivity index (χ0n) is 17.9. The number of carbonyl (C=O) groups is 1. The molecule has 7 nitrogen and oxygen atoms in total. The summed E-state index contributed by atoms with van der Waals surface area (Å²) in [6, 6.07) is 6.57.